The molecule has 3 heteroatoms. The van der Waals surface area contributed by atoms with E-state index >= 15 is 0 Å². The molecule has 104 valence electrons. The Balaban J connectivity index is 1.96. The number of halogens is 1. The summed E-state index contributed by atoms with van der Waals surface area (Å²) in [6.45, 7) is 2.30. The van der Waals surface area contributed by atoms with Gasteiger partial charge in [-0.1, -0.05) is 31.9 Å². The predicted octanol–water partition coefficient (Wildman–Crippen LogP) is 4.12. The van der Waals surface area contributed by atoms with Crippen molar-refractivity contribution in [1.29, 1.82) is 0 Å². The van der Waals surface area contributed by atoms with Crippen molar-refractivity contribution in [2.75, 3.05) is 0 Å². The molecule has 0 aliphatic heterocycles. The normalized spacial score (nSPS) is 23.7. The number of amides is 1. The molecule has 2 atom stereocenters. The smallest absolute Gasteiger partial charge is 0.251 e. The molecule has 0 saturated heterocycles. The maximum Gasteiger partial charge on any atom is 0.251 e. The van der Waals surface area contributed by atoms with Gasteiger partial charge in [-0.05, 0) is 42.9 Å². The van der Waals surface area contributed by atoms with Crippen LogP contribution in [-0.2, 0) is 5.88 Å². The van der Waals surface area contributed by atoms with Crippen LogP contribution in [0.3, 0.4) is 0 Å². The van der Waals surface area contributed by atoms with Crippen LogP contribution in [0.2, 0.25) is 0 Å². The van der Waals surface area contributed by atoms with Gasteiger partial charge in [0.15, 0.2) is 0 Å². The Hall–Kier alpha value is -1.02. The number of benzene rings is 1. The largest absolute Gasteiger partial charge is 0.349 e. The summed E-state index contributed by atoms with van der Waals surface area (Å²) in [5.74, 6) is 1.27. The molecular formula is C16H22ClNO. The van der Waals surface area contributed by atoms with E-state index in [0.29, 0.717) is 11.9 Å². The molecule has 19 heavy (non-hydrogen) atoms. The summed E-state index contributed by atoms with van der Waals surface area (Å²) in [5, 5.41) is 3.16. The van der Waals surface area contributed by atoms with Gasteiger partial charge in [0.05, 0.1) is 0 Å². The van der Waals surface area contributed by atoms with Gasteiger partial charge in [-0.2, -0.15) is 0 Å². The van der Waals surface area contributed by atoms with Crippen LogP contribution in [0.4, 0.5) is 0 Å². The Labute approximate surface area is 120 Å². The molecule has 2 unspecified atom stereocenters. The molecule has 1 aromatic carbocycles. The fourth-order valence-electron chi connectivity index (χ4n) is 2.70. The summed E-state index contributed by atoms with van der Waals surface area (Å²) in [7, 11) is 0. The minimum absolute atomic E-state index is 0.0338. The van der Waals surface area contributed by atoms with Crippen LogP contribution >= 0.6 is 11.6 Å². The van der Waals surface area contributed by atoms with Gasteiger partial charge in [0.1, 0.15) is 0 Å². The Bertz CT molecular complexity index is 433. The van der Waals surface area contributed by atoms with Crippen molar-refractivity contribution in [3.63, 3.8) is 0 Å². The van der Waals surface area contributed by atoms with Crippen LogP contribution < -0.4 is 5.32 Å². The summed E-state index contributed by atoms with van der Waals surface area (Å²) in [5.41, 5.74) is 1.71. The first-order valence-corrected chi connectivity index (χ1v) is 7.68. The summed E-state index contributed by atoms with van der Waals surface area (Å²) in [6.07, 6.45) is 5.92. The highest BCUT2D eigenvalue weighted by atomic mass is 35.5. The van der Waals surface area contributed by atoms with E-state index in [2.05, 4.69) is 12.2 Å². The van der Waals surface area contributed by atoms with E-state index in [1.165, 1.54) is 19.3 Å². The summed E-state index contributed by atoms with van der Waals surface area (Å²) in [6, 6.07) is 7.89. The molecule has 1 N–H and O–H groups in total. The highest BCUT2D eigenvalue weighted by Crippen LogP contribution is 2.22. The molecule has 1 saturated carbocycles. The molecule has 1 aromatic rings. The van der Waals surface area contributed by atoms with Gasteiger partial charge >= 0.3 is 0 Å². The van der Waals surface area contributed by atoms with E-state index in [4.69, 9.17) is 11.6 Å². The fraction of sp³-hybridized carbons (Fsp3) is 0.562. The van der Waals surface area contributed by atoms with Crippen molar-refractivity contribution in [3.8, 4) is 0 Å². The van der Waals surface area contributed by atoms with E-state index in [9.17, 15) is 4.79 Å². The molecule has 1 amide bonds. The number of carbonyl (C=O) groups excluding carboxylic acids is 1. The predicted molar refractivity (Wildman–Crippen MR) is 79.5 cm³/mol. The summed E-state index contributed by atoms with van der Waals surface area (Å²) >= 11 is 5.80. The quantitative estimate of drug-likeness (QED) is 0.654. The van der Waals surface area contributed by atoms with Crippen LogP contribution in [-0.4, -0.2) is 11.9 Å². The van der Waals surface area contributed by atoms with Crippen molar-refractivity contribution >= 4 is 17.5 Å². The third-order valence-electron chi connectivity index (χ3n) is 3.94. The highest BCUT2D eigenvalue weighted by molar-refractivity contribution is 6.17. The monoisotopic (exact) mass is 279 g/mol. The maximum absolute atomic E-state index is 12.2. The van der Waals surface area contributed by atoms with Crippen LogP contribution in [0.1, 0.15) is 54.9 Å². The second kappa shape index (κ2) is 6.95. The average molecular weight is 280 g/mol. The van der Waals surface area contributed by atoms with Crippen molar-refractivity contribution in [2.45, 2.75) is 50.9 Å². The third kappa shape index (κ3) is 4.24. The lowest BCUT2D eigenvalue weighted by atomic mass is 10.0. The number of rotatable bonds is 3. The van der Waals surface area contributed by atoms with E-state index in [1.54, 1.807) is 0 Å². The van der Waals surface area contributed by atoms with Gasteiger partial charge in [-0.25, -0.2) is 0 Å². The minimum atomic E-state index is 0.0338. The van der Waals surface area contributed by atoms with Gasteiger partial charge in [0.2, 0.25) is 0 Å². The number of alkyl halides is 1. The third-order valence-corrected chi connectivity index (χ3v) is 4.24. The summed E-state index contributed by atoms with van der Waals surface area (Å²) < 4.78 is 0. The standard InChI is InChI=1S/C16H22ClNO/c1-12-4-2-7-15(9-8-12)18-16(19)14-6-3-5-13(10-14)11-17/h3,5-6,10,12,15H,2,4,7-9,11H2,1H3,(H,18,19). The van der Waals surface area contributed by atoms with Crippen LogP contribution in [0.25, 0.3) is 0 Å². The van der Waals surface area contributed by atoms with Gasteiger partial charge in [-0.15, -0.1) is 11.6 Å². The molecule has 0 radical (unpaired) electrons. The van der Waals surface area contributed by atoms with Crippen molar-refractivity contribution in [1.82, 2.24) is 5.32 Å². The first-order valence-electron chi connectivity index (χ1n) is 7.15. The van der Waals surface area contributed by atoms with Crippen molar-refractivity contribution in [3.05, 3.63) is 35.4 Å². The number of hydrogen-bond donors (Lipinski definition) is 1. The molecule has 0 aromatic heterocycles. The fourth-order valence-corrected chi connectivity index (χ4v) is 2.86. The molecule has 1 aliphatic rings. The van der Waals surface area contributed by atoms with Crippen LogP contribution in [0, 0.1) is 5.92 Å². The lowest BCUT2D eigenvalue weighted by Crippen LogP contribution is -2.34. The number of carbonyl (C=O) groups is 1. The molecular weight excluding hydrogens is 258 g/mol. The van der Waals surface area contributed by atoms with Crippen LogP contribution in [0.5, 0.6) is 0 Å². The zero-order valence-electron chi connectivity index (χ0n) is 11.5. The lowest BCUT2D eigenvalue weighted by Gasteiger charge is -2.16. The van der Waals surface area contributed by atoms with Gasteiger partial charge < -0.3 is 5.32 Å². The van der Waals surface area contributed by atoms with E-state index in [1.807, 2.05) is 24.3 Å². The zero-order valence-corrected chi connectivity index (χ0v) is 12.2. The average Bonchev–Trinajstić information content (AvgIpc) is 2.64. The molecule has 1 aliphatic carbocycles. The van der Waals surface area contributed by atoms with Gasteiger partial charge in [-0.3, -0.25) is 4.79 Å². The molecule has 0 heterocycles. The second-order valence-electron chi connectivity index (χ2n) is 5.62. The van der Waals surface area contributed by atoms with Gasteiger partial charge in [0.25, 0.3) is 5.91 Å². The van der Waals surface area contributed by atoms with Gasteiger partial charge in [0, 0.05) is 17.5 Å². The molecule has 2 rings (SSSR count). The van der Waals surface area contributed by atoms with E-state index < -0.39 is 0 Å². The Kier molecular flexibility index (Phi) is 5.26. The van der Waals surface area contributed by atoms with E-state index in [-0.39, 0.29) is 5.91 Å². The van der Waals surface area contributed by atoms with Crippen molar-refractivity contribution < 1.29 is 4.79 Å². The molecule has 0 bridgehead atoms. The van der Waals surface area contributed by atoms with Crippen LogP contribution in [0.15, 0.2) is 24.3 Å². The van der Waals surface area contributed by atoms with E-state index in [0.717, 1.165) is 29.9 Å². The number of nitrogens with one attached hydrogen (secondary N) is 1. The summed E-state index contributed by atoms with van der Waals surface area (Å²) in [4.78, 5) is 12.2. The lowest BCUT2D eigenvalue weighted by molar-refractivity contribution is 0.0933. The maximum atomic E-state index is 12.2. The Morgan fingerprint density at radius 3 is 2.95 bits per heavy atom. The Morgan fingerprint density at radius 2 is 2.16 bits per heavy atom. The SMILES string of the molecule is CC1CCCC(NC(=O)c2cccc(CCl)c2)CC1. The highest BCUT2D eigenvalue weighted by Gasteiger charge is 2.18. The molecule has 0 spiro atoms. The zero-order chi connectivity index (χ0) is 13.7. The molecule has 2 nitrogen and oxygen atoms in total. The minimum Gasteiger partial charge on any atom is -0.349 e. The first kappa shape index (κ1) is 14.4. The first-order chi connectivity index (χ1) is 9.19. The Morgan fingerprint density at radius 1 is 1.32 bits per heavy atom. The second-order valence-corrected chi connectivity index (χ2v) is 5.89. The number of hydrogen-bond acceptors (Lipinski definition) is 1. The molecule has 1 fully saturated rings. The van der Waals surface area contributed by atoms with Crippen molar-refractivity contribution in [2.24, 2.45) is 5.92 Å². The topological polar surface area (TPSA) is 29.1 Å².